The number of halogens is 1. The maximum absolute atomic E-state index is 14.1. The molecule has 2 nitrogen and oxygen atoms in total. The van der Waals surface area contributed by atoms with Crippen molar-refractivity contribution >= 4 is 0 Å². The molecule has 0 aromatic heterocycles. The number of hydrogen-bond acceptors (Lipinski definition) is 2. The van der Waals surface area contributed by atoms with Crippen molar-refractivity contribution in [3.63, 3.8) is 0 Å². The van der Waals surface area contributed by atoms with E-state index in [1.54, 1.807) is 18.2 Å². The van der Waals surface area contributed by atoms with Crippen molar-refractivity contribution in [3.8, 4) is 0 Å². The first kappa shape index (κ1) is 14.2. The lowest BCUT2D eigenvalue weighted by atomic mass is 9.68. The number of rotatable bonds is 3. The highest BCUT2D eigenvalue weighted by atomic mass is 19.1. The second-order valence-electron chi connectivity index (χ2n) is 5.56. The zero-order chi connectivity index (χ0) is 14.7. The highest BCUT2D eigenvalue weighted by molar-refractivity contribution is 5.33. The van der Waals surface area contributed by atoms with Gasteiger partial charge in [0.25, 0.3) is 0 Å². The molecule has 2 aromatic carbocycles. The van der Waals surface area contributed by atoms with Crippen LogP contribution < -0.4 is 0 Å². The van der Waals surface area contributed by atoms with E-state index < -0.39 is 11.5 Å². The molecule has 0 bridgehead atoms. The molecule has 1 aliphatic rings. The van der Waals surface area contributed by atoms with E-state index in [9.17, 15) is 9.50 Å². The summed E-state index contributed by atoms with van der Waals surface area (Å²) in [5.74, 6) is -0.355. The van der Waals surface area contributed by atoms with E-state index in [0.717, 1.165) is 5.56 Å². The molecule has 1 aliphatic heterocycles. The molecule has 0 aliphatic carbocycles. The van der Waals surface area contributed by atoms with Crippen LogP contribution in [0.3, 0.4) is 0 Å². The summed E-state index contributed by atoms with van der Waals surface area (Å²) in [6.45, 7) is 1.17. The third kappa shape index (κ3) is 2.59. The Labute approximate surface area is 124 Å². The lowest BCUT2D eigenvalue weighted by Gasteiger charge is -2.41. The van der Waals surface area contributed by atoms with Gasteiger partial charge in [0, 0.05) is 24.2 Å². The van der Waals surface area contributed by atoms with E-state index >= 15 is 0 Å². The number of hydrogen-bond donors (Lipinski definition) is 1. The van der Waals surface area contributed by atoms with Crippen LogP contribution in [-0.4, -0.2) is 18.3 Å². The zero-order valence-corrected chi connectivity index (χ0v) is 11.8. The fraction of sp³-hybridized carbons (Fsp3) is 0.333. The summed E-state index contributed by atoms with van der Waals surface area (Å²) in [4.78, 5) is 0. The number of aliphatic hydroxyl groups is 1. The molecule has 1 heterocycles. The van der Waals surface area contributed by atoms with E-state index in [-0.39, 0.29) is 5.82 Å². The fourth-order valence-electron chi connectivity index (χ4n) is 3.22. The normalized spacial score (nSPS) is 19.1. The zero-order valence-electron chi connectivity index (χ0n) is 11.8. The van der Waals surface area contributed by atoms with Gasteiger partial charge in [0.05, 0.1) is 6.10 Å². The van der Waals surface area contributed by atoms with Gasteiger partial charge in [0.1, 0.15) is 5.82 Å². The first-order valence-corrected chi connectivity index (χ1v) is 7.30. The quantitative estimate of drug-likeness (QED) is 0.934. The molecule has 3 rings (SSSR count). The summed E-state index contributed by atoms with van der Waals surface area (Å²) < 4.78 is 19.5. The second kappa shape index (κ2) is 5.96. The third-order valence-electron chi connectivity index (χ3n) is 4.46. The standard InChI is InChI=1S/C18H19FO2/c19-16-9-5-4-8-15(16)17(20)18(10-12-21-13-11-18)14-6-2-1-3-7-14/h1-9,17,20H,10-13H2. The summed E-state index contributed by atoms with van der Waals surface area (Å²) >= 11 is 0. The van der Waals surface area contributed by atoms with Crippen LogP contribution in [-0.2, 0) is 10.2 Å². The molecule has 1 atom stereocenters. The number of benzene rings is 2. The Bertz CT molecular complexity index is 591. The Balaban J connectivity index is 2.06. The molecule has 1 unspecified atom stereocenters. The van der Waals surface area contributed by atoms with E-state index in [1.807, 2.05) is 30.3 Å². The SMILES string of the molecule is OC(c1ccccc1F)C1(c2ccccc2)CCOCC1. The van der Waals surface area contributed by atoms with Crippen LogP contribution >= 0.6 is 0 Å². The van der Waals surface area contributed by atoms with Crippen molar-refractivity contribution in [1.82, 2.24) is 0 Å². The molecule has 0 amide bonds. The van der Waals surface area contributed by atoms with Crippen LogP contribution in [0.4, 0.5) is 4.39 Å². The fourth-order valence-corrected chi connectivity index (χ4v) is 3.22. The van der Waals surface area contributed by atoms with Crippen LogP contribution in [0, 0.1) is 5.82 Å². The Kier molecular flexibility index (Phi) is 4.04. The highest BCUT2D eigenvalue weighted by Crippen LogP contribution is 2.45. The minimum atomic E-state index is -0.870. The van der Waals surface area contributed by atoms with Gasteiger partial charge in [-0.15, -0.1) is 0 Å². The van der Waals surface area contributed by atoms with Crippen molar-refractivity contribution in [2.24, 2.45) is 0 Å². The molecule has 1 saturated heterocycles. The van der Waals surface area contributed by atoms with Gasteiger partial charge in [-0.1, -0.05) is 48.5 Å². The molecule has 1 N–H and O–H groups in total. The van der Waals surface area contributed by atoms with Crippen LogP contribution in [0.25, 0.3) is 0 Å². The van der Waals surface area contributed by atoms with E-state index in [1.165, 1.54) is 6.07 Å². The Hall–Kier alpha value is -1.71. The van der Waals surface area contributed by atoms with Crippen LogP contribution in [0.2, 0.25) is 0 Å². The summed E-state index contributed by atoms with van der Waals surface area (Å²) in [5, 5.41) is 10.9. The number of aliphatic hydroxyl groups excluding tert-OH is 1. The van der Waals surface area contributed by atoms with Gasteiger partial charge in [-0.05, 0) is 24.5 Å². The molecule has 0 saturated carbocycles. The van der Waals surface area contributed by atoms with Gasteiger partial charge in [-0.3, -0.25) is 0 Å². The lowest BCUT2D eigenvalue weighted by Crippen LogP contribution is -2.40. The van der Waals surface area contributed by atoms with Gasteiger partial charge in [-0.25, -0.2) is 4.39 Å². The van der Waals surface area contributed by atoms with Gasteiger partial charge in [0.15, 0.2) is 0 Å². The smallest absolute Gasteiger partial charge is 0.129 e. The molecule has 21 heavy (non-hydrogen) atoms. The maximum Gasteiger partial charge on any atom is 0.129 e. The highest BCUT2D eigenvalue weighted by Gasteiger charge is 2.42. The summed E-state index contributed by atoms with van der Waals surface area (Å²) in [6.07, 6.45) is 0.504. The van der Waals surface area contributed by atoms with E-state index in [2.05, 4.69) is 0 Å². The van der Waals surface area contributed by atoms with Crippen molar-refractivity contribution in [2.75, 3.05) is 13.2 Å². The van der Waals surface area contributed by atoms with Crippen molar-refractivity contribution in [1.29, 1.82) is 0 Å². The summed E-state index contributed by atoms with van der Waals surface area (Å²) in [7, 11) is 0. The minimum absolute atomic E-state index is 0.355. The van der Waals surface area contributed by atoms with Crippen LogP contribution in [0.5, 0.6) is 0 Å². The molecule has 2 aromatic rings. The predicted octanol–water partition coefficient (Wildman–Crippen LogP) is 3.61. The first-order valence-electron chi connectivity index (χ1n) is 7.30. The largest absolute Gasteiger partial charge is 0.387 e. The first-order chi connectivity index (χ1) is 10.2. The van der Waals surface area contributed by atoms with Crippen LogP contribution in [0.15, 0.2) is 54.6 Å². The Morgan fingerprint density at radius 2 is 1.57 bits per heavy atom. The van der Waals surface area contributed by atoms with Crippen LogP contribution in [0.1, 0.15) is 30.1 Å². The molecular formula is C18H19FO2. The third-order valence-corrected chi connectivity index (χ3v) is 4.46. The predicted molar refractivity (Wildman–Crippen MR) is 79.5 cm³/mol. The van der Waals surface area contributed by atoms with E-state index in [0.29, 0.717) is 31.6 Å². The molecule has 0 radical (unpaired) electrons. The molecule has 1 fully saturated rings. The van der Waals surface area contributed by atoms with Crippen molar-refractivity contribution in [3.05, 3.63) is 71.5 Å². The molecule has 110 valence electrons. The second-order valence-corrected chi connectivity index (χ2v) is 5.56. The molecule has 0 spiro atoms. The van der Waals surface area contributed by atoms with Gasteiger partial charge in [-0.2, -0.15) is 0 Å². The Morgan fingerprint density at radius 3 is 2.24 bits per heavy atom. The maximum atomic E-state index is 14.1. The summed E-state index contributed by atoms with van der Waals surface area (Å²) in [5.41, 5.74) is 0.925. The van der Waals surface area contributed by atoms with E-state index in [4.69, 9.17) is 4.74 Å². The van der Waals surface area contributed by atoms with Gasteiger partial charge >= 0.3 is 0 Å². The van der Waals surface area contributed by atoms with Gasteiger partial charge < -0.3 is 9.84 Å². The minimum Gasteiger partial charge on any atom is -0.387 e. The topological polar surface area (TPSA) is 29.5 Å². The average Bonchev–Trinajstić information content (AvgIpc) is 2.56. The van der Waals surface area contributed by atoms with Crippen molar-refractivity contribution in [2.45, 2.75) is 24.4 Å². The lowest BCUT2D eigenvalue weighted by molar-refractivity contribution is -0.0183. The monoisotopic (exact) mass is 286 g/mol. The molecule has 3 heteroatoms. The van der Waals surface area contributed by atoms with Gasteiger partial charge in [0.2, 0.25) is 0 Å². The average molecular weight is 286 g/mol. The number of ether oxygens (including phenoxy) is 1. The van der Waals surface area contributed by atoms with Crippen molar-refractivity contribution < 1.29 is 14.2 Å². The summed E-state index contributed by atoms with van der Waals surface area (Å²) in [6, 6.07) is 16.4. The Morgan fingerprint density at radius 1 is 0.952 bits per heavy atom. The molecular weight excluding hydrogens is 267 g/mol.